The summed E-state index contributed by atoms with van der Waals surface area (Å²) in [5, 5.41) is 1.67. The number of hydrogen-bond donors (Lipinski definition) is 0. The van der Waals surface area contributed by atoms with Crippen molar-refractivity contribution < 1.29 is 13.3 Å². The molecule has 1 rings (SSSR count). The lowest BCUT2D eigenvalue weighted by atomic mass is 10.2. The molecule has 0 saturated carbocycles. The van der Waals surface area contributed by atoms with Gasteiger partial charge in [-0.2, -0.15) is 0 Å². The van der Waals surface area contributed by atoms with Gasteiger partial charge in [0.1, 0.15) is 0 Å². The summed E-state index contributed by atoms with van der Waals surface area (Å²) in [6.07, 6.45) is 0. The van der Waals surface area contributed by atoms with E-state index in [4.69, 9.17) is 24.9 Å². The third-order valence-electron chi connectivity index (χ3n) is 2.60. The summed E-state index contributed by atoms with van der Waals surface area (Å²) in [5.41, 5.74) is 0.973. The fourth-order valence-corrected chi connectivity index (χ4v) is 4.87. The van der Waals surface area contributed by atoms with E-state index >= 15 is 0 Å². The van der Waals surface area contributed by atoms with E-state index in [0.29, 0.717) is 24.8 Å². The molecule has 0 bridgehead atoms. The van der Waals surface area contributed by atoms with Crippen molar-refractivity contribution in [2.24, 2.45) is 0 Å². The first-order valence-corrected chi connectivity index (χ1v) is 8.39. The Balaban J connectivity index is 3.25. The summed E-state index contributed by atoms with van der Waals surface area (Å²) in [7, 11) is -2.83. The highest BCUT2D eigenvalue weighted by Crippen LogP contribution is 2.18. The number of hydrogen-bond acceptors (Lipinski definition) is 3. The molecule has 0 N–H and O–H groups in total. The van der Waals surface area contributed by atoms with Gasteiger partial charge in [-0.3, -0.25) is 0 Å². The molecule has 18 heavy (non-hydrogen) atoms. The van der Waals surface area contributed by atoms with Gasteiger partial charge >= 0.3 is 8.80 Å². The predicted molar refractivity (Wildman–Crippen MR) is 76.5 cm³/mol. The Hall–Kier alpha value is -0.393. The molecule has 3 nitrogen and oxygen atoms in total. The predicted octanol–water partition coefficient (Wildman–Crippen LogP) is 2.90. The van der Waals surface area contributed by atoms with Crippen molar-refractivity contribution in [3.05, 3.63) is 28.8 Å². The standard InChI is InChI=1S/C13H21ClO3Si/c1-5-15-18(16-6-2,17-7-3)13-10-8-9-12(14)11(13)4/h8-10H,5-7H2,1-4H3. The monoisotopic (exact) mass is 288 g/mol. The molecule has 0 spiro atoms. The Morgan fingerprint density at radius 3 is 1.94 bits per heavy atom. The van der Waals surface area contributed by atoms with Crippen LogP contribution in [0.2, 0.25) is 5.02 Å². The molecule has 0 heterocycles. The second-order valence-electron chi connectivity index (χ2n) is 3.77. The summed E-state index contributed by atoms with van der Waals surface area (Å²) in [6, 6.07) is 5.75. The Bertz CT molecular complexity index is 367. The minimum Gasteiger partial charge on any atom is -0.370 e. The Labute approximate surface area is 115 Å². The van der Waals surface area contributed by atoms with Crippen molar-refractivity contribution in [3.8, 4) is 0 Å². The molecule has 0 fully saturated rings. The summed E-state index contributed by atoms with van der Waals surface area (Å²) in [5.74, 6) is 0. The van der Waals surface area contributed by atoms with Crippen LogP contribution in [0.25, 0.3) is 0 Å². The van der Waals surface area contributed by atoms with Gasteiger partial charge in [-0.1, -0.05) is 23.7 Å². The molecule has 0 aromatic heterocycles. The highest BCUT2D eigenvalue weighted by molar-refractivity contribution is 6.76. The fourth-order valence-electron chi connectivity index (χ4n) is 1.87. The molecule has 0 aliphatic carbocycles. The van der Waals surface area contributed by atoms with E-state index in [1.807, 2.05) is 45.9 Å². The van der Waals surface area contributed by atoms with Crippen molar-refractivity contribution >= 4 is 25.6 Å². The lowest BCUT2D eigenvalue weighted by Gasteiger charge is -2.30. The van der Waals surface area contributed by atoms with Gasteiger partial charge in [-0.25, -0.2) is 0 Å². The molecule has 0 unspecified atom stereocenters. The largest absolute Gasteiger partial charge is 0.537 e. The van der Waals surface area contributed by atoms with E-state index in [9.17, 15) is 0 Å². The number of benzene rings is 1. The van der Waals surface area contributed by atoms with E-state index in [1.165, 1.54) is 0 Å². The van der Waals surface area contributed by atoms with Crippen LogP contribution in [0, 0.1) is 6.92 Å². The van der Waals surface area contributed by atoms with Crippen molar-refractivity contribution in [2.45, 2.75) is 27.7 Å². The second-order valence-corrected chi connectivity index (χ2v) is 6.69. The minimum atomic E-state index is -2.83. The van der Waals surface area contributed by atoms with Crippen LogP contribution in [0.5, 0.6) is 0 Å². The zero-order valence-electron chi connectivity index (χ0n) is 11.5. The quantitative estimate of drug-likeness (QED) is 0.722. The molecule has 0 saturated heterocycles. The van der Waals surface area contributed by atoms with Crippen molar-refractivity contribution in [2.75, 3.05) is 19.8 Å². The smallest absolute Gasteiger partial charge is 0.370 e. The van der Waals surface area contributed by atoms with Crippen LogP contribution in [-0.2, 0) is 13.3 Å². The Kier molecular flexibility index (Phi) is 6.32. The van der Waals surface area contributed by atoms with Gasteiger partial charge in [0.05, 0.1) is 0 Å². The molecule has 0 amide bonds. The maximum atomic E-state index is 6.18. The average molecular weight is 289 g/mol. The molecular weight excluding hydrogens is 268 g/mol. The average Bonchev–Trinajstić information content (AvgIpc) is 2.33. The first kappa shape index (κ1) is 15.7. The normalized spacial score (nSPS) is 11.8. The molecule has 0 radical (unpaired) electrons. The Morgan fingerprint density at radius 2 is 1.50 bits per heavy atom. The Morgan fingerprint density at radius 1 is 1.00 bits per heavy atom. The summed E-state index contributed by atoms with van der Waals surface area (Å²) in [6.45, 7) is 9.46. The van der Waals surface area contributed by atoms with Gasteiger partial charge < -0.3 is 13.3 Å². The molecule has 5 heteroatoms. The van der Waals surface area contributed by atoms with Gasteiger partial charge in [0.25, 0.3) is 0 Å². The van der Waals surface area contributed by atoms with Crippen LogP contribution >= 0.6 is 11.6 Å². The van der Waals surface area contributed by atoms with Gasteiger partial charge in [-0.05, 0) is 39.3 Å². The minimum absolute atomic E-state index is 0.554. The van der Waals surface area contributed by atoms with Gasteiger partial charge in [0.2, 0.25) is 0 Å². The van der Waals surface area contributed by atoms with Crippen LogP contribution < -0.4 is 5.19 Å². The highest BCUT2D eigenvalue weighted by Gasteiger charge is 2.44. The topological polar surface area (TPSA) is 27.7 Å². The molecule has 0 aliphatic rings. The van der Waals surface area contributed by atoms with Gasteiger partial charge in [0.15, 0.2) is 0 Å². The van der Waals surface area contributed by atoms with Crippen molar-refractivity contribution in [1.29, 1.82) is 0 Å². The zero-order valence-corrected chi connectivity index (χ0v) is 13.2. The van der Waals surface area contributed by atoms with Crippen molar-refractivity contribution in [3.63, 3.8) is 0 Å². The molecule has 0 atom stereocenters. The lowest BCUT2D eigenvalue weighted by Crippen LogP contribution is -2.57. The molecule has 1 aromatic carbocycles. The first-order valence-electron chi connectivity index (χ1n) is 6.28. The second kappa shape index (κ2) is 7.26. The summed E-state index contributed by atoms with van der Waals surface area (Å²) in [4.78, 5) is 0. The zero-order chi connectivity index (χ0) is 13.6. The number of halogens is 1. The third-order valence-corrected chi connectivity index (χ3v) is 6.22. The van der Waals surface area contributed by atoms with Gasteiger partial charge in [-0.15, -0.1) is 0 Å². The van der Waals surface area contributed by atoms with Gasteiger partial charge in [0, 0.05) is 30.0 Å². The van der Waals surface area contributed by atoms with E-state index in [1.54, 1.807) is 0 Å². The molecule has 102 valence electrons. The number of rotatable bonds is 7. The lowest BCUT2D eigenvalue weighted by molar-refractivity contribution is 0.0858. The SMILES string of the molecule is CCO[Si](OCC)(OCC)c1cccc(Cl)c1C. The van der Waals surface area contributed by atoms with E-state index < -0.39 is 8.80 Å². The maximum absolute atomic E-state index is 6.18. The van der Waals surface area contributed by atoms with Crippen LogP contribution in [0.4, 0.5) is 0 Å². The first-order chi connectivity index (χ1) is 8.61. The molecule has 0 aliphatic heterocycles. The van der Waals surface area contributed by atoms with E-state index in [-0.39, 0.29) is 0 Å². The van der Waals surface area contributed by atoms with Crippen LogP contribution in [0.15, 0.2) is 18.2 Å². The van der Waals surface area contributed by atoms with Crippen molar-refractivity contribution in [1.82, 2.24) is 0 Å². The van der Waals surface area contributed by atoms with E-state index in [0.717, 1.165) is 10.8 Å². The van der Waals surface area contributed by atoms with Crippen LogP contribution in [-0.4, -0.2) is 28.6 Å². The summed E-state index contributed by atoms with van der Waals surface area (Å²) < 4.78 is 17.6. The highest BCUT2D eigenvalue weighted by atomic mass is 35.5. The summed E-state index contributed by atoms with van der Waals surface area (Å²) >= 11 is 6.18. The molecule has 1 aromatic rings. The van der Waals surface area contributed by atoms with E-state index in [2.05, 4.69) is 0 Å². The van der Waals surface area contributed by atoms with Crippen LogP contribution in [0.3, 0.4) is 0 Å². The molecular formula is C13H21ClO3Si. The fraction of sp³-hybridized carbons (Fsp3) is 0.538. The maximum Gasteiger partial charge on any atom is 0.537 e. The van der Waals surface area contributed by atoms with Crippen LogP contribution in [0.1, 0.15) is 26.3 Å². The third kappa shape index (κ3) is 3.33.